The first kappa shape index (κ1) is 19.5. The lowest BCUT2D eigenvalue weighted by atomic mass is 9.92. The number of nitrogens with zero attached hydrogens (tertiary/aromatic N) is 2. The molecular formula is C17H28N2O4. The van der Waals surface area contributed by atoms with Crippen molar-refractivity contribution in [3.8, 4) is 0 Å². The molecule has 1 heterocycles. The van der Waals surface area contributed by atoms with Gasteiger partial charge in [0.25, 0.3) is 0 Å². The van der Waals surface area contributed by atoms with Crippen LogP contribution in [0, 0.1) is 0 Å². The standard InChI is InChI=1S/C17H28N2O4/c1-8-21-13(22-9-2)12-10-18-14(19-11-12)17(6,7)15(20)23-16(3,4)5/h10-11,13H,8-9H2,1-7H3. The minimum atomic E-state index is -0.932. The molecule has 0 bridgehead atoms. The Balaban J connectivity index is 2.95. The third-order valence-corrected chi connectivity index (χ3v) is 3.05. The van der Waals surface area contributed by atoms with Crippen LogP contribution < -0.4 is 0 Å². The predicted octanol–water partition coefficient (Wildman–Crippen LogP) is 3.17. The number of hydrogen-bond donors (Lipinski definition) is 0. The van der Waals surface area contributed by atoms with E-state index in [1.807, 2.05) is 34.6 Å². The molecule has 0 aliphatic carbocycles. The van der Waals surface area contributed by atoms with Crippen LogP contribution in [0.25, 0.3) is 0 Å². The van der Waals surface area contributed by atoms with Crippen LogP contribution in [0.4, 0.5) is 0 Å². The van der Waals surface area contributed by atoms with Crippen molar-refractivity contribution in [3.63, 3.8) is 0 Å². The molecule has 1 aromatic rings. The molecule has 0 unspecified atom stereocenters. The first-order valence-corrected chi connectivity index (χ1v) is 7.90. The highest BCUT2D eigenvalue weighted by Crippen LogP contribution is 2.25. The van der Waals surface area contributed by atoms with Gasteiger partial charge in [0.1, 0.15) is 16.8 Å². The van der Waals surface area contributed by atoms with Crippen LogP contribution in [0.15, 0.2) is 12.4 Å². The average molecular weight is 324 g/mol. The molecule has 0 N–H and O–H groups in total. The number of ether oxygens (including phenoxy) is 3. The molecule has 0 amide bonds. The van der Waals surface area contributed by atoms with E-state index in [9.17, 15) is 4.79 Å². The van der Waals surface area contributed by atoms with Gasteiger partial charge >= 0.3 is 5.97 Å². The SMILES string of the molecule is CCOC(OCC)c1cnc(C(C)(C)C(=O)OC(C)(C)C)nc1. The van der Waals surface area contributed by atoms with Crippen LogP contribution in [-0.4, -0.2) is 34.8 Å². The first-order valence-electron chi connectivity index (χ1n) is 7.90. The summed E-state index contributed by atoms with van der Waals surface area (Å²) in [6.45, 7) is 13.8. The zero-order valence-corrected chi connectivity index (χ0v) is 15.2. The highest BCUT2D eigenvalue weighted by Gasteiger charge is 2.37. The van der Waals surface area contributed by atoms with Gasteiger partial charge in [-0.15, -0.1) is 0 Å². The Morgan fingerprint density at radius 2 is 1.52 bits per heavy atom. The molecule has 1 aromatic heterocycles. The van der Waals surface area contributed by atoms with E-state index in [0.717, 1.165) is 5.56 Å². The van der Waals surface area contributed by atoms with Crippen LogP contribution in [-0.2, 0) is 24.4 Å². The van der Waals surface area contributed by atoms with E-state index in [4.69, 9.17) is 14.2 Å². The Kier molecular flexibility index (Phi) is 6.65. The molecule has 0 aliphatic rings. The third-order valence-electron chi connectivity index (χ3n) is 3.05. The fraction of sp³-hybridized carbons (Fsp3) is 0.706. The summed E-state index contributed by atoms with van der Waals surface area (Å²) in [5.41, 5.74) is -0.764. The molecule has 0 radical (unpaired) electrons. The van der Waals surface area contributed by atoms with E-state index in [0.29, 0.717) is 19.0 Å². The maximum absolute atomic E-state index is 12.4. The van der Waals surface area contributed by atoms with Gasteiger partial charge in [0.15, 0.2) is 6.29 Å². The quantitative estimate of drug-likeness (QED) is 0.567. The van der Waals surface area contributed by atoms with Crippen LogP contribution >= 0.6 is 0 Å². The van der Waals surface area contributed by atoms with E-state index in [1.165, 1.54) is 0 Å². The largest absolute Gasteiger partial charge is 0.459 e. The van der Waals surface area contributed by atoms with Crippen molar-refractivity contribution < 1.29 is 19.0 Å². The molecule has 0 saturated heterocycles. The van der Waals surface area contributed by atoms with Crippen molar-refractivity contribution in [2.24, 2.45) is 0 Å². The van der Waals surface area contributed by atoms with Gasteiger partial charge in [0, 0.05) is 31.2 Å². The van der Waals surface area contributed by atoms with Crippen molar-refractivity contribution >= 4 is 5.97 Å². The highest BCUT2D eigenvalue weighted by molar-refractivity contribution is 5.81. The minimum Gasteiger partial charge on any atom is -0.459 e. The van der Waals surface area contributed by atoms with Crippen molar-refractivity contribution in [2.45, 2.75) is 65.8 Å². The molecule has 130 valence electrons. The summed E-state index contributed by atoms with van der Waals surface area (Å²) in [5, 5.41) is 0. The Hall–Kier alpha value is -1.53. The maximum Gasteiger partial charge on any atom is 0.319 e. The number of esters is 1. The van der Waals surface area contributed by atoms with Crippen LogP contribution in [0.3, 0.4) is 0 Å². The van der Waals surface area contributed by atoms with Crippen molar-refractivity contribution in [1.82, 2.24) is 9.97 Å². The summed E-state index contributed by atoms with van der Waals surface area (Å²) in [4.78, 5) is 21.0. The summed E-state index contributed by atoms with van der Waals surface area (Å²) in [5.74, 6) is 0.0474. The summed E-state index contributed by atoms with van der Waals surface area (Å²) in [6.07, 6.45) is 2.76. The van der Waals surface area contributed by atoms with Gasteiger partial charge in [0.2, 0.25) is 0 Å². The van der Waals surface area contributed by atoms with Crippen molar-refractivity contribution in [3.05, 3.63) is 23.8 Å². The molecule has 0 fully saturated rings. The molecule has 0 atom stereocenters. The number of hydrogen-bond acceptors (Lipinski definition) is 6. The topological polar surface area (TPSA) is 70.5 Å². The molecule has 0 aliphatic heterocycles. The van der Waals surface area contributed by atoms with Gasteiger partial charge in [-0.1, -0.05) is 0 Å². The minimum absolute atomic E-state index is 0.357. The van der Waals surface area contributed by atoms with E-state index in [1.54, 1.807) is 26.2 Å². The molecule has 0 spiro atoms. The van der Waals surface area contributed by atoms with Crippen molar-refractivity contribution in [2.75, 3.05) is 13.2 Å². The van der Waals surface area contributed by atoms with Gasteiger partial charge in [-0.3, -0.25) is 4.79 Å². The molecule has 23 heavy (non-hydrogen) atoms. The fourth-order valence-corrected chi connectivity index (χ4v) is 1.82. The highest BCUT2D eigenvalue weighted by atomic mass is 16.7. The number of aromatic nitrogens is 2. The molecule has 1 rings (SSSR count). The number of rotatable bonds is 7. The summed E-state index contributed by atoms with van der Waals surface area (Å²) in [7, 11) is 0. The van der Waals surface area contributed by atoms with Gasteiger partial charge in [-0.05, 0) is 48.5 Å². The summed E-state index contributed by atoms with van der Waals surface area (Å²) < 4.78 is 16.5. The second-order valence-electron chi connectivity index (χ2n) is 6.71. The summed E-state index contributed by atoms with van der Waals surface area (Å²) >= 11 is 0. The molecule has 0 saturated carbocycles. The Labute approximate surface area is 138 Å². The zero-order chi connectivity index (χ0) is 17.7. The zero-order valence-electron chi connectivity index (χ0n) is 15.2. The summed E-state index contributed by atoms with van der Waals surface area (Å²) in [6, 6.07) is 0. The average Bonchev–Trinajstić information content (AvgIpc) is 2.45. The van der Waals surface area contributed by atoms with Gasteiger partial charge in [0.05, 0.1) is 0 Å². The van der Waals surface area contributed by atoms with Gasteiger partial charge in [-0.25, -0.2) is 9.97 Å². The second-order valence-corrected chi connectivity index (χ2v) is 6.71. The normalized spacial score (nSPS) is 12.5. The van der Waals surface area contributed by atoms with E-state index in [2.05, 4.69) is 9.97 Å². The number of carbonyl (C=O) groups is 1. The Morgan fingerprint density at radius 3 is 1.91 bits per heavy atom. The Bertz CT molecular complexity index is 500. The monoisotopic (exact) mass is 324 g/mol. The smallest absolute Gasteiger partial charge is 0.319 e. The lowest BCUT2D eigenvalue weighted by Gasteiger charge is -2.27. The number of carbonyl (C=O) groups excluding carboxylic acids is 1. The van der Waals surface area contributed by atoms with Gasteiger partial charge in [-0.2, -0.15) is 0 Å². The van der Waals surface area contributed by atoms with Crippen LogP contribution in [0.2, 0.25) is 0 Å². The van der Waals surface area contributed by atoms with E-state index < -0.39 is 17.3 Å². The fourth-order valence-electron chi connectivity index (χ4n) is 1.82. The third kappa shape index (κ3) is 5.55. The molecular weight excluding hydrogens is 296 g/mol. The van der Waals surface area contributed by atoms with Crippen LogP contribution in [0.5, 0.6) is 0 Å². The second kappa shape index (κ2) is 7.84. The van der Waals surface area contributed by atoms with E-state index >= 15 is 0 Å². The lowest BCUT2D eigenvalue weighted by molar-refractivity contribution is -0.161. The molecule has 6 nitrogen and oxygen atoms in total. The molecule has 0 aromatic carbocycles. The molecule has 6 heteroatoms. The van der Waals surface area contributed by atoms with E-state index in [-0.39, 0.29) is 5.97 Å². The first-order chi connectivity index (χ1) is 10.6. The maximum atomic E-state index is 12.4. The van der Waals surface area contributed by atoms with Gasteiger partial charge < -0.3 is 14.2 Å². The predicted molar refractivity (Wildman–Crippen MR) is 86.9 cm³/mol. The Morgan fingerprint density at radius 1 is 1.04 bits per heavy atom. The lowest BCUT2D eigenvalue weighted by Crippen LogP contribution is -2.38. The van der Waals surface area contributed by atoms with Crippen LogP contribution in [0.1, 0.15) is 66.1 Å². The van der Waals surface area contributed by atoms with Crippen molar-refractivity contribution in [1.29, 1.82) is 0 Å².